The van der Waals surface area contributed by atoms with Crippen molar-refractivity contribution in [1.82, 2.24) is 20.9 Å². The first kappa shape index (κ1) is 28.9. The number of likely N-dealkylation sites (N-methyl/N-ethyl adjacent to an activating group) is 1. The molecule has 0 aromatic rings. The summed E-state index contributed by atoms with van der Waals surface area (Å²) in [6.07, 6.45) is 2.47. The summed E-state index contributed by atoms with van der Waals surface area (Å²) >= 11 is 0. The normalized spacial score (nSPS) is 22.0. The Morgan fingerprint density at radius 2 is 1.94 bits per heavy atom. The molecule has 0 spiro atoms. The second-order valence-electron chi connectivity index (χ2n) is 8.65. The monoisotopic (exact) mass is 481 g/mol. The molecule has 0 fully saturated rings. The molecule has 0 radical (unpaired) electrons. The summed E-state index contributed by atoms with van der Waals surface area (Å²) < 4.78 is 0. The van der Waals surface area contributed by atoms with Crippen molar-refractivity contribution in [2.24, 2.45) is 11.7 Å². The lowest BCUT2D eigenvalue weighted by Crippen LogP contribution is -2.63. The van der Waals surface area contributed by atoms with E-state index >= 15 is 0 Å². The number of aliphatic carboxylic acids is 1. The number of carboxylic acids is 1. The summed E-state index contributed by atoms with van der Waals surface area (Å²) in [6, 6.07) is -3.68. The van der Waals surface area contributed by atoms with Gasteiger partial charge in [-0.1, -0.05) is 26.0 Å². The molecule has 1 aliphatic heterocycles. The summed E-state index contributed by atoms with van der Waals surface area (Å²) in [5.74, 6) is -3.87. The molecule has 1 rings (SSSR count). The molecule has 34 heavy (non-hydrogen) atoms. The summed E-state index contributed by atoms with van der Waals surface area (Å²) in [5.41, 5.74) is 6.00. The Labute approximate surface area is 198 Å². The highest BCUT2D eigenvalue weighted by molar-refractivity contribution is 6.10. The van der Waals surface area contributed by atoms with Gasteiger partial charge < -0.3 is 31.2 Å². The molecule has 12 heteroatoms. The number of nitrogens with zero attached hydrogens (tertiary/aromatic N) is 1. The highest BCUT2D eigenvalue weighted by atomic mass is 16.4. The third-order valence-electron chi connectivity index (χ3n) is 5.15. The van der Waals surface area contributed by atoms with E-state index in [2.05, 4.69) is 16.0 Å². The molecule has 0 bridgehead atoms. The maximum atomic E-state index is 13.1. The molecule has 6 N–H and O–H groups in total. The fraction of sp³-hybridized carbons (Fsp3) is 0.636. The minimum absolute atomic E-state index is 0.0299. The predicted molar refractivity (Wildman–Crippen MR) is 122 cm³/mol. The van der Waals surface area contributed by atoms with Gasteiger partial charge in [-0.25, -0.2) is 0 Å². The minimum Gasteiger partial charge on any atom is -0.481 e. The zero-order chi connectivity index (χ0) is 25.8. The van der Waals surface area contributed by atoms with Crippen molar-refractivity contribution in [2.75, 3.05) is 13.6 Å². The van der Waals surface area contributed by atoms with Crippen LogP contribution in [0.15, 0.2) is 12.2 Å². The number of rotatable bonds is 10. The second-order valence-corrected chi connectivity index (χ2v) is 8.65. The smallest absolute Gasteiger partial charge is 0.303 e. The van der Waals surface area contributed by atoms with E-state index in [4.69, 9.17) is 10.8 Å². The summed E-state index contributed by atoms with van der Waals surface area (Å²) in [7, 11) is 1.47. The number of Topliss-reactive ketones (excluding diaryl/α,β-unsaturated/α-hetero) is 1. The van der Waals surface area contributed by atoms with Crippen molar-refractivity contribution in [3.8, 4) is 0 Å². The number of ketones is 1. The average Bonchev–Trinajstić information content (AvgIpc) is 2.77. The van der Waals surface area contributed by atoms with Gasteiger partial charge in [0, 0.05) is 26.4 Å². The number of amides is 3. The maximum absolute atomic E-state index is 13.1. The fourth-order valence-corrected chi connectivity index (χ4v) is 3.29. The van der Waals surface area contributed by atoms with Gasteiger partial charge in [0.2, 0.25) is 5.91 Å². The third kappa shape index (κ3) is 9.79. The van der Waals surface area contributed by atoms with Crippen molar-refractivity contribution in [2.45, 2.75) is 70.2 Å². The number of hydrogen-bond donors (Lipinski definition) is 5. The van der Waals surface area contributed by atoms with Crippen LogP contribution in [0.4, 0.5) is 0 Å². The molecule has 1 heterocycles. The van der Waals surface area contributed by atoms with Crippen LogP contribution in [0.25, 0.3) is 0 Å². The Morgan fingerprint density at radius 3 is 2.53 bits per heavy atom. The Kier molecular flexibility index (Phi) is 12.1. The van der Waals surface area contributed by atoms with Crippen LogP contribution < -0.4 is 21.7 Å². The number of carbonyl (C=O) groups excluding carboxylic acids is 5. The van der Waals surface area contributed by atoms with Crippen LogP contribution in [0, 0.1) is 5.92 Å². The van der Waals surface area contributed by atoms with Crippen LogP contribution in [0.1, 0.15) is 46.0 Å². The molecule has 0 aromatic carbocycles. The van der Waals surface area contributed by atoms with Crippen molar-refractivity contribution in [3.05, 3.63) is 12.2 Å². The quantitative estimate of drug-likeness (QED) is 0.143. The van der Waals surface area contributed by atoms with Gasteiger partial charge in [-0.2, -0.15) is 0 Å². The first-order valence-corrected chi connectivity index (χ1v) is 11.2. The van der Waals surface area contributed by atoms with E-state index in [0.717, 1.165) is 0 Å². The largest absolute Gasteiger partial charge is 0.481 e. The van der Waals surface area contributed by atoms with Crippen LogP contribution in [0.3, 0.4) is 0 Å². The van der Waals surface area contributed by atoms with Gasteiger partial charge in [0.25, 0.3) is 11.8 Å². The molecule has 0 unspecified atom stereocenters. The standard InChI is InChI=1S/C22H35N5O7/c1-13(2)11-15(23)19(32)18-22(34)27(3)10-6-4-5-7-16(29)25-20(21(33)26-18)24-14(12-28)8-9-17(30)31/h4,6,12-15,18,20,24H,5,7-11,23H2,1-3H3,(H,25,29)(H,26,33)(H,30,31)/t14-,15+,18+,20-/m1/s1. The van der Waals surface area contributed by atoms with E-state index in [0.29, 0.717) is 19.1 Å². The average molecular weight is 482 g/mol. The van der Waals surface area contributed by atoms with Gasteiger partial charge in [0.05, 0.1) is 12.1 Å². The van der Waals surface area contributed by atoms with Crippen molar-refractivity contribution in [1.29, 1.82) is 0 Å². The number of nitrogens with one attached hydrogen (secondary N) is 3. The van der Waals surface area contributed by atoms with Gasteiger partial charge in [-0.3, -0.25) is 29.3 Å². The number of carbonyl (C=O) groups is 6. The number of hydrogen-bond acceptors (Lipinski definition) is 8. The number of aldehydes is 1. The van der Waals surface area contributed by atoms with E-state index in [1.165, 1.54) is 11.9 Å². The van der Waals surface area contributed by atoms with Gasteiger partial charge in [-0.05, 0) is 25.2 Å². The summed E-state index contributed by atoms with van der Waals surface area (Å²) in [4.78, 5) is 75.0. The first-order valence-electron chi connectivity index (χ1n) is 11.2. The first-order chi connectivity index (χ1) is 16.0. The van der Waals surface area contributed by atoms with Crippen LogP contribution in [-0.2, 0) is 28.8 Å². The molecule has 190 valence electrons. The minimum atomic E-state index is -1.60. The Hall–Kier alpha value is -3.12. The van der Waals surface area contributed by atoms with E-state index in [1.807, 2.05) is 13.8 Å². The van der Waals surface area contributed by atoms with Crippen LogP contribution in [0.2, 0.25) is 0 Å². The molecule has 12 nitrogen and oxygen atoms in total. The van der Waals surface area contributed by atoms with Crippen LogP contribution in [0.5, 0.6) is 0 Å². The zero-order valence-corrected chi connectivity index (χ0v) is 19.8. The Morgan fingerprint density at radius 1 is 1.26 bits per heavy atom. The fourth-order valence-electron chi connectivity index (χ4n) is 3.29. The molecule has 0 aromatic heterocycles. The second kappa shape index (κ2) is 14.2. The zero-order valence-electron chi connectivity index (χ0n) is 19.8. The molecule has 0 saturated heterocycles. The lowest BCUT2D eigenvalue weighted by atomic mass is 9.96. The molecule has 4 atom stereocenters. The summed E-state index contributed by atoms with van der Waals surface area (Å²) in [5, 5.41) is 16.3. The van der Waals surface area contributed by atoms with Crippen molar-refractivity contribution >= 4 is 35.8 Å². The SMILES string of the molecule is CC(C)C[C@H](N)C(=O)[C@@H]1NC(=O)[C@H](N[C@@H](C=O)CCC(=O)O)NC(=O)CCC=CCN(C)C1=O. The molecule has 0 saturated carbocycles. The number of carboxylic acid groups (broad SMARTS) is 1. The molecule has 0 aliphatic carbocycles. The number of allylic oxidation sites excluding steroid dienone is 1. The highest BCUT2D eigenvalue weighted by Crippen LogP contribution is 2.08. The lowest BCUT2D eigenvalue weighted by molar-refractivity contribution is -0.142. The molecule has 3 amide bonds. The van der Waals surface area contributed by atoms with E-state index in [9.17, 15) is 28.8 Å². The van der Waals surface area contributed by atoms with Crippen LogP contribution >= 0.6 is 0 Å². The molecule has 1 aliphatic rings. The topological polar surface area (TPSA) is 188 Å². The van der Waals surface area contributed by atoms with Gasteiger partial charge in [0.1, 0.15) is 6.29 Å². The third-order valence-corrected chi connectivity index (χ3v) is 5.15. The number of nitrogens with two attached hydrogens (primary N) is 1. The van der Waals surface area contributed by atoms with Crippen molar-refractivity contribution < 1.29 is 33.9 Å². The Bertz CT molecular complexity index is 799. The lowest BCUT2D eigenvalue weighted by Gasteiger charge is -2.28. The maximum Gasteiger partial charge on any atom is 0.303 e. The van der Waals surface area contributed by atoms with Crippen molar-refractivity contribution in [3.63, 3.8) is 0 Å². The van der Waals surface area contributed by atoms with E-state index < -0.39 is 53.8 Å². The highest BCUT2D eigenvalue weighted by Gasteiger charge is 2.36. The van der Waals surface area contributed by atoms with E-state index in [1.54, 1.807) is 12.2 Å². The molecular weight excluding hydrogens is 446 g/mol. The summed E-state index contributed by atoms with van der Waals surface area (Å²) in [6.45, 7) is 3.88. The molecular formula is C22H35N5O7. The van der Waals surface area contributed by atoms with Gasteiger partial charge in [0.15, 0.2) is 18.0 Å². The Balaban J connectivity index is 3.24. The van der Waals surface area contributed by atoms with E-state index in [-0.39, 0.29) is 31.7 Å². The van der Waals surface area contributed by atoms with Crippen LogP contribution in [-0.4, -0.2) is 83.7 Å². The van der Waals surface area contributed by atoms with Gasteiger partial charge in [-0.15, -0.1) is 0 Å². The van der Waals surface area contributed by atoms with Gasteiger partial charge >= 0.3 is 5.97 Å². The predicted octanol–water partition coefficient (Wildman–Crippen LogP) is -1.31.